The van der Waals surface area contributed by atoms with Crippen molar-refractivity contribution < 1.29 is 4.39 Å². The van der Waals surface area contributed by atoms with Crippen molar-refractivity contribution in [2.75, 3.05) is 6.54 Å². The maximum atomic E-state index is 14.3. The average molecular weight is 196 g/mol. The van der Waals surface area contributed by atoms with Gasteiger partial charge >= 0.3 is 0 Å². The molecule has 1 aromatic rings. The van der Waals surface area contributed by atoms with E-state index in [2.05, 4.69) is 4.98 Å². The molecule has 2 nitrogen and oxygen atoms in total. The zero-order chi connectivity index (χ0) is 10.8. The summed E-state index contributed by atoms with van der Waals surface area (Å²) in [5.41, 5.74) is 5.47. The normalized spacial score (nSPS) is 15.6. The quantitative estimate of drug-likeness (QED) is 0.804. The zero-order valence-corrected chi connectivity index (χ0v) is 8.92. The van der Waals surface area contributed by atoms with Crippen molar-refractivity contribution in [2.45, 2.75) is 26.4 Å². The van der Waals surface area contributed by atoms with Crippen LogP contribution in [-0.2, 0) is 5.67 Å². The Balaban J connectivity index is 3.06. The Labute approximate surface area is 84.3 Å². The molecule has 0 saturated heterocycles. The van der Waals surface area contributed by atoms with Crippen LogP contribution in [0.1, 0.15) is 25.1 Å². The van der Waals surface area contributed by atoms with E-state index < -0.39 is 5.67 Å². The monoisotopic (exact) mass is 196 g/mol. The van der Waals surface area contributed by atoms with Gasteiger partial charge < -0.3 is 5.73 Å². The van der Waals surface area contributed by atoms with Crippen LogP contribution in [0.2, 0.25) is 0 Å². The van der Waals surface area contributed by atoms with Gasteiger partial charge in [-0.05, 0) is 18.9 Å². The highest BCUT2D eigenvalue weighted by Crippen LogP contribution is 2.32. The molecule has 0 aliphatic heterocycles. The van der Waals surface area contributed by atoms with Gasteiger partial charge in [0.25, 0.3) is 0 Å². The van der Waals surface area contributed by atoms with Crippen molar-refractivity contribution >= 4 is 0 Å². The van der Waals surface area contributed by atoms with Gasteiger partial charge in [-0.3, -0.25) is 4.98 Å². The van der Waals surface area contributed by atoms with E-state index in [9.17, 15) is 4.39 Å². The van der Waals surface area contributed by atoms with E-state index in [0.29, 0.717) is 5.56 Å². The van der Waals surface area contributed by atoms with E-state index in [1.165, 1.54) is 0 Å². The highest BCUT2D eigenvalue weighted by Gasteiger charge is 2.34. The lowest BCUT2D eigenvalue weighted by Gasteiger charge is -2.27. The molecule has 1 rings (SSSR count). The maximum Gasteiger partial charge on any atom is 0.151 e. The molecule has 1 atom stereocenters. The number of halogens is 1. The summed E-state index contributed by atoms with van der Waals surface area (Å²) in [6, 6.07) is 3.57. The van der Waals surface area contributed by atoms with Crippen LogP contribution in [0.25, 0.3) is 0 Å². The molecule has 1 unspecified atom stereocenters. The Kier molecular flexibility index (Phi) is 3.21. The minimum atomic E-state index is -1.46. The number of hydrogen-bond donors (Lipinski definition) is 1. The van der Waals surface area contributed by atoms with Crippen LogP contribution in [0.4, 0.5) is 4.39 Å². The molecule has 0 aliphatic carbocycles. The Morgan fingerprint density at radius 2 is 2.14 bits per heavy atom. The largest absolute Gasteiger partial charge is 0.327 e. The molecule has 0 fully saturated rings. The maximum absolute atomic E-state index is 14.3. The molecular weight excluding hydrogens is 179 g/mol. The summed E-state index contributed by atoms with van der Waals surface area (Å²) in [6.07, 6.45) is 1.57. The Morgan fingerprint density at radius 3 is 2.50 bits per heavy atom. The van der Waals surface area contributed by atoms with Gasteiger partial charge in [0.05, 0.1) is 0 Å². The predicted molar refractivity (Wildman–Crippen MR) is 55.7 cm³/mol. The summed E-state index contributed by atoms with van der Waals surface area (Å²) in [5, 5.41) is 0. The average Bonchev–Trinajstić information content (AvgIpc) is 2.17. The lowest BCUT2D eigenvalue weighted by Crippen LogP contribution is -2.35. The summed E-state index contributed by atoms with van der Waals surface area (Å²) in [4.78, 5) is 4.08. The van der Waals surface area contributed by atoms with Crippen molar-refractivity contribution in [1.82, 2.24) is 4.98 Å². The fourth-order valence-electron chi connectivity index (χ4n) is 1.40. The van der Waals surface area contributed by atoms with E-state index >= 15 is 0 Å². The third kappa shape index (κ3) is 1.93. The highest BCUT2D eigenvalue weighted by molar-refractivity contribution is 5.22. The Hall–Kier alpha value is -0.960. The van der Waals surface area contributed by atoms with E-state index in [1.54, 1.807) is 12.3 Å². The van der Waals surface area contributed by atoms with Crippen molar-refractivity contribution in [1.29, 1.82) is 0 Å². The topological polar surface area (TPSA) is 38.9 Å². The van der Waals surface area contributed by atoms with E-state index in [4.69, 9.17) is 5.73 Å². The van der Waals surface area contributed by atoms with Gasteiger partial charge in [-0.25, -0.2) is 4.39 Å². The van der Waals surface area contributed by atoms with Crippen molar-refractivity contribution in [2.24, 2.45) is 11.7 Å². The molecule has 1 heterocycles. The summed E-state index contributed by atoms with van der Waals surface area (Å²) < 4.78 is 14.3. The molecule has 0 saturated carbocycles. The first-order chi connectivity index (χ1) is 6.50. The molecule has 3 heteroatoms. The first-order valence-corrected chi connectivity index (χ1v) is 4.83. The molecule has 0 aliphatic rings. The SMILES string of the molecule is Cc1ccc(C(F)(CN)C(C)C)cn1. The van der Waals surface area contributed by atoms with Crippen LogP contribution in [0, 0.1) is 12.8 Å². The molecule has 0 radical (unpaired) electrons. The van der Waals surface area contributed by atoms with Crippen molar-refractivity contribution in [3.63, 3.8) is 0 Å². The van der Waals surface area contributed by atoms with Gasteiger partial charge in [0.2, 0.25) is 0 Å². The first-order valence-electron chi connectivity index (χ1n) is 4.83. The lowest BCUT2D eigenvalue weighted by molar-refractivity contribution is 0.109. The fraction of sp³-hybridized carbons (Fsp3) is 0.545. The number of alkyl halides is 1. The van der Waals surface area contributed by atoms with Crippen LogP contribution in [-0.4, -0.2) is 11.5 Å². The summed E-state index contributed by atoms with van der Waals surface area (Å²) in [7, 11) is 0. The van der Waals surface area contributed by atoms with E-state index in [0.717, 1.165) is 5.69 Å². The van der Waals surface area contributed by atoms with Crippen molar-refractivity contribution in [3.8, 4) is 0 Å². The van der Waals surface area contributed by atoms with E-state index in [-0.39, 0.29) is 12.5 Å². The minimum Gasteiger partial charge on any atom is -0.327 e. The first kappa shape index (κ1) is 11.1. The molecule has 14 heavy (non-hydrogen) atoms. The number of hydrogen-bond acceptors (Lipinski definition) is 2. The fourth-order valence-corrected chi connectivity index (χ4v) is 1.40. The standard InChI is InChI=1S/C11H17FN2/c1-8(2)11(12,7-13)10-5-4-9(3)14-6-10/h4-6,8H,7,13H2,1-3H3. The number of rotatable bonds is 3. The number of pyridine rings is 1. The zero-order valence-electron chi connectivity index (χ0n) is 8.92. The van der Waals surface area contributed by atoms with Crippen molar-refractivity contribution in [3.05, 3.63) is 29.6 Å². The smallest absolute Gasteiger partial charge is 0.151 e. The van der Waals surface area contributed by atoms with Gasteiger partial charge in [0.1, 0.15) is 0 Å². The predicted octanol–water partition coefficient (Wildman–Crippen LogP) is 2.17. The third-order valence-corrected chi connectivity index (χ3v) is 2.60. The summed E-state index contributed by atoms with van der Waals surface area (Å²) in [6.45, 7) is 5.52. The van der Waals surface area contributed by atoms with Gasteiger partial charge in [0, 0.05) is 24.0 Å². The van der Waals surface area contributed by atoms with Crippen LogP contribution in [0.3, 0.4) is 0 Å². The molecule has 0 spiro atoms. The van der Waals surface area contributed by atoms with Gasteiger partial charge in [-0.15, -0.1) is 0 Å². The van der Waals surface area contributed by atoms with Gasteiger partial charge in [-0.1, -0.05) is 19.9 Å². The number of aromatic nitrogens is 1. The third-order valence-electron chi connectivity index (χ3n) is 2.60. The van der Waals surface area contributed by atoms with E-state index in [1.807, 2.05) is 26.8 Å². The molecule has 0 aromatic carbocycles. The minimum absolute atomic E-state index is 0.00456. The van der Waals surface area contributed by atoms with Crippen LogP contribution in [0.5, 0.6) is 0 Å². The number of nitrogens with zero attached hydrogens (tertiary/aromatic N) is 1. The second kappa shape index (κ2) is 4.05. The van der Waals surface area contributed by atoms with Gasteiger partial charge in [-0.2, -0.15) is 0 Å². The molecule has 2 N–H and O–H groups in total. The van der Waals surface area contributed by atoms with Crippen LogP contribution >= 0.6 is 0 Å². The highest BCUT2D eigenvalue weighted by atomic mass is 19.1. The summed E-state index contributed by atoms with van der Waals surface area (Å²) in [5.74, 6) is -0.142. The number of nitrogens with two attached hydrogens (primary N) is 1. The molecule has 1 aromatic heterocycles. The summed E-state index contributed by atoms with van der Waals surface area (Å²) >= 11 is 0. The Bertz CT molecular complexity index is 295. The Morgan fingerprint density at radius 1 is 1.50 bits per heavy atom. The second-order valence-electron chi connectivity index (χ2n) is 3.91. The second-order valence-corrected chi connectivity index (χ2v) is 3.91. The van der Waals surface area contributed by atoms with Gasteiger partial charge in [0.15, 0.2) is 5.67 Å². The molecular formula is C11H17FN2. The van der Waals surface area contributed by atoms with Crippen LogP contribution < -0.4 is 5.73 Å². The molecule has 0 bridgehead atoms. The van der Waals surface area contributed by atoms with Crippen LogP contribution in [0.15, 0.2) is 18.3 Å². The molecule has 78 valence electrons. The lowest BCUT2D eigenvalue weighted by atomic mass is 9.86. The molecule has 0 amide bonds. The number of aryl methyl sites for hydroxylation is 1.